The van der Waals surface area contributed by atoms with E-state index in [1.54, 1.807) is 0 Å². The first kappa shape index (κ1) is 15.9. The van der Waals surface area contributed by atoms with Gasteiger partial charge >= 0.3 is 5.97 Å². The molecular weight excluding hydrogens is 218 g/mol. The average molecular weight is 243 g/mol. The van der Waals surface area contributed by atoms with E-state index in [2.05, 4.69) is 19.2 Å². The van der Waals surface area contributed by atoms with E-state index in [-0.39, 0.29) is 17.7 Å². The number of amides is 1. The predicted octanol–water partition coefficient (Wildman–Crippen LogP) is 2.28. The number of carbonyl (C=O) groups excluding carboxylic acids is 1. The van der Waals surface area contributed by atoms with Gasteiger partial charge in [0.05, 0.1) is 0 Å². The standard InChI is InChI=1S/C13H25NO3/c1-6-9(4)12(13(16)17)14-11(15)7-10(5)8(2)3/h8-10,12H,6-7H2,1-5H3,(H,14,15)(H,16,17)/t9-,10?,12-/m0/s1. The summed E-state index contributed by atoms with van der Waals surface area (Å²) < 4.78 is 0. The fraction of sp³-hybridized carbons (Fsp3) is 0.846. The van der Waals surface area contributed by atoms with Crippen molar-refractivity contribution in [3.63, 3.8) is 0 Å². The molecular formula is C13H25NO3. The van der Waals surface area contributed by atoms with Gasteiger partial charge in [0.25, 0.3) is 0 Å². The van der Waals surface area contributed by atoms with Crippen LogP contribution in [0.4, 0.5) is 0 Å². The van der Waals surface area contributed by atoms with E-state index in [1.165, 1.54) is 0 Å². The van der Waals surface area contributed by atoms with E-state index in [9.17, 15) is 9.59 Å². The lowest BCUT2D eigenvalue weighted by Gasteiger charge is -2.22. The first-order valence-corrected chi connectivity index (χ1v) is 6.31. The largest absolute Gasteiger partial charge is 0.480 e. The van der Waals surface area contributed by atoms with E-state index in [0.29, 0.717) is 12.3 Å². The molecule has 1 amide bonds. The minimum atomic E-state index is -0.954. The van der Waals surface area contributed by atoms with Crippen LogP contribution in [0.15, 0.2) is 0 Å². The summed E-state index contributed by atoms with van der Waals surface area (Å²) in [5, 5.41) is 11.7. The van der Waals surface area contributed by atoms with Gasteiger partial charge in [-0.15, -0.1) is 0 Å². The third-order valence-electron chi connectivity index (χ3n) is 3.44. The third-order valence-corrected chi connectivity index (χ3v) is 3.44. The molecule has 3 atom stereocenters. The summed E-state index contributed by atoms with van der Waals surface area (Å²) in [5.74, 6) is -0.483. The molecule has 0 aliphatic rings. The van der Waals surface area contributed by atoms with Crippen LogP contribution in [-0.2, 0) is 9.59 Å². The number of hydrogen-bond acceptors (Lipinski definition) is 2. The van der Waals surface area contributed by atoms with Gasteiger partial charge < -0.3 is 10.4 Å². The fourth-order valence-electron chi connectivity index (χ4n) is 1.44. The van der Waals surface area contributed by atoms with Crippen molar-refractivity contribution in [1.29, 1.82) is 0 Å². The van der Waals surface area contributed by atoms with Crippen LogP contribution in [0.25, 0.3) is 0 Å². The van der Waals surface area contributed by atoms with Gasteiger partial charge in [0.1, 0.15) is 6.04 Å². The second kappa shape index (κ2) is 7.30. The van der Waals surface area contributed by atoms with Crippen molar-refractivity contribution in [2.24, 2.45) is 17.8 Å². The number of carbonyl (C=O) groups is 2. The second-order valence-corrected chi connectivity index (χ2v) is 5.19. The summed E-state index contributed by atoms with van der Waals surface area (Å²) in [4.78, 5) is 22.8. The molecule has 0 aliphatic carbocycles. The van der Waals surface area contributed by atoms with Crippen LogP contribution in [0.3, 0.4) is 0 Å². The summed E-state index contributed by atoms with van der Waals surface area (Å²) in [6.45, 7) is 9.88. The molecule has 0 spiro atoms. The van der Waals surface area contributed by atoms with E-state index >= 15 is 0 Å². The molecule has 100 valence electrons. The molecule has 0 aromatic carbocycles. The van der Waals surface area contributed by atoms with Crippen LogP contribution >= 0.6 is 0 Å². The minimum Gasteiger partial charge on any atom is -0.480 e. The smallest absolute Gasteiger partial charge is 0.326 e. The lowest BCUT2D eigenvalue weighted by atomic mass is 9.93. The van der Waals surface area contributed by atoms with E-state index in [0.717, 1.165) is 6.42 Å². The van der Waals surface area contributed by atoms with Gasteiger partial charge in [-0.05, 0) is 17.8 Å². The van der Waals surface area contributed by atoms with Gasteiger partial charge in [-0.2, -0.15) is 0 Å². The lowest BCUT2D eigenvalue weighted by molar-refractivity contribution is -0.143. The van der Waals surface area contributed by atoms with Crippen LogP contribution in [0.5, 0.6) is 0 Å². The lowest BCUT2D eigenvalue weighted by Crippen LogP contribution is -2.45. The van der Waals surface area contributed by atoms with E-state index in [1.807, 2.05) is 20.8 Å². The highest BCUT2D eigenvalue weighted by Gasteiger charge is 2.25. The van der Waals surface area contributed by atoms with Gasteiger partial charge in [0.15, 0.2) is 0 Å². The quantitative estimate of drug-likeness (QED) is 0.721. The van der Waals surface area contributed by atoms with Gasteiger partial charge in [-0.3, -0.25) is 4.79 Å². The first-order chi connectivity index (χ1) is 7.79. The summed E-state index contributed by atoms with van der Waals surface area (Å²) >= 11 is 0. The molecule has 0 aromatic rings. The van der Waals surface area contributed by atoms with Crippen molar-refractivity contribution >= 4 is 11.9 Å². The molecule has 0 rings (SSSR count). The molecule has 2 N–H and O–H groups in total. The number of carboxylic acids is 1. The predicted molar refractivity (Wildman–Crippen MR) is 67.6 cm³/mol. The molecule has 0 radical (unpaired) electrons. The first-order valence-electron chi connectivity index (χ1n) is 6.31. The average Bonchev–Trinajstić information content (AvgIpc) is 2.24. The van der Waals surface area contributed by atoms with E-state index in [4.69, 9.17) is 5.11 Å². The van der Waals surface area contributed by atoms with Crippen LogP contribution in [0, 0.1) is 17.8 Å². The maximum absolute atomic E-state index is 11.7. The summed E-state index contributed by atoms with van der Waals surface area (Å²) in [5.41, 5.74) is 0. The maximum atomic E-state index is 11.7. The Morgan fingerprint density at radius 3 is 2.00 bits per heavy atom. The minimum absolute atomic E-state index is 0.0502. The van der Waals surface area contributed by atoms with Gasteiger partial charge in [-0.1, -0.05) is 41.0 Å². The van der Waals surface area contributed by atoms with Crippen LogP contribution in [0.1, 0.15) is 47.5 Å². The highest BCUT2D eigenvalue weighted by Crippen LogP contribution is 2.14. The number of carboxylic acid groups (broad SMARTS) is 1. The molecule has 4 nitrogen and oxygen atoms in total. The molecule has 1 unspecified atom stereocenters. The Morgan fingerprint density at radius 1 is 1.12 bits per heavy atom. The monoisotopic (exact) mass is 243 g/mol. The molecule has 0 bridgehead atoms. The molecule has 4 heteroatoms. The van der Waals surface area contributed by atoms with Gasteiger partial charge in [0.2, 0.25) is 5.91 Å². The van der Waals surface area contributed by atoms with E-state index < -0.39 is 12.0 Å². The third kappa shape index (κ3) is 5.71. The Labute approximate surface area is 104 Å². The van der Waals surface area contributed by atoms with Crippen molar-refractivity contribution in [3.8, 4) is 0 Å². The summed E-state index contributed by atoms with van der Waals surface area (Å²) in [7, 11) is 0. The van der Waals surface area contributed by atoms with Crippen LogP contribution < -0.4 is 5.32 Å². The maximum Gasteiger partial charge on any atom is 0.326 e. The molecule has 17 heavy (non-hydrogen) atoms. The number of aliphatic carboxylic acids is 1. The Balaban J connectivity index is 4.37. The summed E-state index contributed by atoms with van der Waals surface area (Å²) in [6, 6.07) is -0.771. The molecule has 0 saturated heterocycles. The molecule has 0 aliphatic heterocycles. The number of hydrogen-bond donors (Lipinski definition) is 2. The Kier molecular flexibility index (Phi) is 6.85. The Morgan fingerprint density at radius 2 is 1.65 bits per heavy atom. The molecule has 0 fully saturated rings. The Hall–Kier alpha value is -1.06. The van der Waals surface area contributed by atoms with Crippen LogP contribution in [0.2, 0.25) is 0 Å². The number of rotatable bonds is 7. The SMILES string of the molecule is CC[C@H](C)[C@H](NC(=O)CC(C)C(C)C)C(=O)O. The van der Waals surface area contributed by atoms with Crippen molar-refractivity contribution < 1.29 is 14.7 Å². The van der Waals surface area contributed by atoms with Crippen LogP contribution in [-0.4, -0.2) is 23.0 Å². The molecule has 0 heterocycles. The summed E-state index contributed by atoms with van der Waals surface area (Å²) in [6.07, 6.45) is 1.12. The highest BCUT2D eigenvalue weighted by atomic mass is 16.4. The fourth-order valence-corrected chi connectivity index (χ4v) is 1.44. The van der Waals surface area contributed by atoms with Crippen molar-refractivity contribution in [3.05, 3.63) is 0 Å². The number of nitrogens with one attached hydrogen (secondary N) is 1. The second-order valence-electron chi connectivity index (χ2n) is 5.19. The van der Waals surface area contributed by atoms with Crippen molar-refractivity contribution in [2.75, 3.05) is 0 Å². The highest BCUT2D eigenvalue weighted by molar-refractivity contribution is 5.83. The van der Waals surface area contributed by atoms with Gasteiger partial charge in [-0.25, -0.2) is 4.79 Å². The topological polar surface area (TPSA) is 66.4 Å². The zero-order chi connectivity index (χ0) is 13.6. The Bertz CT molecular complexity index is 263. The zero-order valence-corrected chi connectivity index (χ0v) is 11.5. The molecule has 0 saturated carbocycles. The normalized spacial score (nSPS) is 16.4. The zero-order valence-electron chi connectivity index (χ0n) is 11.5. The van der Waals surface area contributed by atoms with Gasteiger partial charge in [0, 0.05) is 6.42 Å². The molecule has 0 aromatic heterocycles. The van der Waals surface area contributed by atoms with Crippen molar-refractivity contribution in [1.82, 2.24) is 5.32 Å². The van der Waals surface area contributed by atoms with Crippen molar-refractivity contribution in [2.45, 2.75) is 53.5 Å².